The Morgan fingerprint density at radius 2 is 1.93 bits per heavy atom. The molecule has 1 amide bonds. The van der Waals surface area contributed by atoms with Gasteiger partial charge in [0.05, 0.1) is 17.8 Å². The summed E-state index contributed by atoms with van der Waals surface area (Å²) in [7, 11) is -3.05. The number of amides is 1. The molecule has 0 bridgehead atoms. The van der Waals surface area contributed by atoms with E-state index in [2.05, 4.69) is 5.32 Å². The highest BCUT2D eigenvalue weighted by Crippen LogP contribution is 2.32. The van der Waals surface area contributed by atoms with Crippen LogP contribution < -0.4 is 10.9 Å². The van der Waals surface area contributed by atoms with Gasteiger partial charge in [0.2, 0.25) is 5.91 Å². The van der Waals surface area contributed by atoms with E-state index in [0.717, 1.165) is 27.5 Å². The predicted molar refractivity (Wildman–Crippen MR) is 110 cm³/mol. The van der Waals surface area contributed by atoms with Gasteiger partial charge in [-0.15, -0.1) is 0 Å². The molecule has 0 saturated carbocycles. The van der Waals surface area contributed by atoms with Crippen LogP contribution in [0.1, 0.15) is 35.1 Å². The number of furan rings is 1. The van der Waals surface area contributed by atoms with Crippen molar-refractivity contribution in [3.05, 3.63) is 45.0 Å². The van der Waals surface area contributed by atoms with Crippen molar-refractivity contribution in [1.29, 1.82) is 0 Å². The summed E-state index contributed by atoms with van der Waals surface area (Å²) >= 11 is 0. The number of rotatable bonds is 4. The summed E-state index contributed by atoms with van der Waals surface area (Å²) in [6.07, 6.45) is 2.44. The number of carbonyl (C=O) groups excluding carboxylic acids is 1. The molecule has 7 nitrogen and oxygen atoms in total. The topological polar surface area (TPSA) is 107 Å². The van der Waals surface area contributed by atoms with Crippen LogP contribution in [0.5, 0.6) is 0 Å². The number of nitrogens with one attached hydrogen (secondary N) is 1. The van der Waals surface area contributed by atoms with Crippen LogP contribution >= 0.6 is 0 Å². The molecule has 154 valence electrons. The first-order valence-electron chi connectivity index (χ1n) is 9.60. The van der Waals surface area contributed by atoms with Gasteiger partial charge in [-0.3, -0.25) is 4.79 Å². The maximum atomic E-state index is 12.6. The number of hydrogen-bond donors (Lipinski definition) is 1. The van der Waals surface area contributed by atoms with Crippen molar-refractivity contribution in [2.24, 2.45) is 0 Å². The zero-order chi connectivity index (χ0) is 20.9. The molecule has 0 radical (unpaired) electrons. The van der Waals surface area contributed by atoms with E-state index < -0.39 is 15.5 Å². The fraction of sp³-hybridized carbons (Fsp3) is 0.429. The average Bonchev–Trinajstić information content (AvgIpc) is 3.18. The third-order valence-electron chi connectivity index (χ3n) is 5.73. The van der Waals surface area contributed by atoms with Crippen molar-refractivity contribution >= 4 is 37.7 Å². The number of benzene rings is 1. The van der Waals surface area contributed by atoms with Crippen LogP contribution in [-0.4, -0.2) is 31.9 Å². The Hall–Kier alpha value is -2.61. The number of sulfone groups is 1. The quantitative estimate of drug-likeness (QED) is 0.654. The van der Waals surface area contributed by atoms with Crippen molar-refractivity contribution in [3.63, 3.8) is 0 Å². The molecule has 29 heavy (non-hydrogen) atoms. The number of fused-ring (bicyclic) bond motifs is 2. The first-order valence-corrected chi connectivity index (χ1v) is 11.4. The molecule has 4 rings (SSSR count). The SMILES string of the molecule is Cc1coc2c(C)c3oc(=O)c(CCC(=O)NC4CCS(=O)(=O)C4)c(C)c3cc12. The summed E-state index contributed by atoms with van der Waals surface area (Å²) in [4.78, 5) is 24.8. The van der Waals surface area contributed by atoms with E-state index in [-0.39, 0.29) is 36.3 Å². The lowest BCUT2D eigenvalue weighted by atomic mass is 9.98. The van der Waals surface area contributed by atoms with Crippen LogP contribution in [0, 0.1) is 20.8 Å². The second kappa shape index (κ2) is 7.02. The van der Waals surface area contributed by atoms with E-state index in [1.807, 2.05) is 26.8 Å². The molecule has 1 atom stereocenters. The highest BCUT2D eigenvalue weighted by atomic mass is 32.2. The summed E-state index contributed by atoms with van der Waals surface area (Å²) < 4.78 is 34.2. The average molecular weight is 417 g/mol. The Morgan fingerprint density at radius 3 is 2.62 bits per heavy atom. The van der Waals surface area contributed by atoms with Gasteiger partial charge in [-0.1, -0.05) is 0 Å². The van der Waals surface area contributed by atoms with E-state index in [0.29, 0.717) is 23.2 Å². The Kier molecular flexibility index (Phi) is 4.77. The van der Waals surface area contributed by atoms with Gasteiger partial charge in [-0.2, -0.15) is 0 Å². The van der Waals surface area contributed by atoms with Crippen molar-refractivity contribution in [2.75, 3.05) is 11.5 Å². The normalized spacial score (nSPS) is 18.5. The predicted octanol–water partition coefficient (Wildman–Crippen LogP) is 2.70. The van der Waals surface area contributed by atoms with Crippen molar-refractivity contribution < 1.29 is 22.0 Å². The summed E-state index contributed by atoms with van der Waals surface area (Å²) in [5.74, 6) is -0.176. The highest BCUT2D eigenvalue weighted by molar-refractivity contribution is 7.91. The Labute approximate surface area is 168 Å². The minimum atomic E-state index is -3.05. The Balaban J connectivity index is 1.60. The number of hydrogen-bond acceptors (Lipinski definition) is 6. The van der Waals surface area contributed by atoms with Crippen LogP contribution in [0.25, 0.3) is 21.9 Å². The largest absolute Gasteiger partial charge is 0.464 e. The molecule has 2 aromatic heterocycles. The lowest BCUT2D eigenvalue weighted by Gasteiger charge is -2.12. The van der Waals surface area contributed by atoms with Gasteiger partial charge < -0.3 is 14.2 Å². The molecule has 1 aromatic carbocycles. The standard InChI is InChI=1S/C21H23NO6S/c1-11-9-27-19-13(3)20-17(8-16(11)19)12(2)15(21(24)28-20)4-5-18(23)22-14-6-7-29(25,26)10-14/h8-9,14H,4-7,10H2,1-3H3,(H,22,23). The van der Waals surface area contributed by atoms with E-state index in [1.165, 1.54) is 0 Å². The molecule has 1 N–H and O–H groups in total. The zero-order valence-corrected chi connectivity index (χ0v) is 17.4. The van der Waals surface area contributed by atoms with Crippen molar-refractivity contribution in [1.82, 2.24) is 5.32 Å². The van der Waals surface area contributed by atoms with Crippen molar-refractivity contribution in [3.8, 4) is 0 Å². The van der Waals surface area contributed by atoms with Crippen LogP contribution in [0.15, 0.2) is 26.0 Å². The Morgan fingerprint density at radius 1 is 1.17 bits per heavy atom. The van der Waals surface area contributed by atoms with E-state index in [9.17, 15) is 18.0 Å². The minimum Gasteiger partial charge on any atom is -0.464 e. The number of carbonyl (C=O) groups is 1. The molecule has 1 saturated heterocycles. The first-order chi connectivity index (χ1) is 13.7. The van der Waals surface area contributed by atoms with Crippen LogP contribution in [0.3, 0.4) is 0 Å². The third-order valence-corrected chi connectivity index (χ3v) is 7.50. The van der Waals surface area contributed by atoms with Crippen LogP contribution in [-0.2, 0) is 21.1 Å². The molecule has 8 heteroatoms. The van der Waals surface area contributed by atoms with Gasteiger partial charge in [0.1, 0.15) is 11.2 Å². The molecule has 3 heterocycles. The second-order valence-electron chi connectivity index (χ2n) is 7.83. The highest BCUT2D eigenvalue weighted by Gasteiger charge is 2.29. The summed E-state index contributed by atoms with van der Waals surface area (Å²) in [6, 6.07) is 1.61. The van der Waals surface area contributed by atoms with Crippen LogP contribution in [0.4, 0.5) is 0 Å². The van der Waals surface area contributed by atoms with Crippen molar-refractivity contribution in [2.45, 2.75) is 46.1 Å². The molecule has 1 aliphatic heterocycles. The van der Waals surface area contributed by atoms with E-state index in [4.69, 9.17) is 8.83 Å². The van der Waals surface area contributed by atoms with E-state index in [1.54, 1.807) is 6.26 Å². The first kappa shape index (κ1) is 19.7. The molecular weight excluding hydrogens is 394 g/mol. The van der Waals surface area contributed by atoms with Gasteiger partial charge in [-0.25, -0.2) is 13.2 Å². The molecule has 0 aliphatic carbocycles. The summed E-state index contributed by atoms with van der Waals surface area (Å²) in [5, 5.41) is 4.56. The molecule has 1 unspecified atom stereocenters. The molecular formula is C21H23NO6S. The lowest BCUT2D eigenvalue weighted by molar-refractivity contribution is -0.121. The van der Waals surface area contributed by atoms with Gasteiger partial charge in [0, 0.05) is 34.4 Å². The van der Waals surface area contributed by atoms with Gasteiger partial charge >= 0.3 is 5.63 Å². The van der Waals surface area contributed by atoms with Gasteiger partial charge in [0.25, 0.3) is 0 Å². The van der Waals surface area contributed by atoms with Gasteiger partial charge in [-0.05, 0) is 50.8 Å². The molecule has 3 aromatic rings. The zero-order valence-electron chi connectivity index (χ0n) is 16.6. The Bertz CT molecular complexity index is 1300. The van der Waals surface area contributed by atoms with Gasteiger partial charge in [0.15, 0.2) is 9.84 Å². The maximum absolute atomic E-state index is 12.6. The third kappa shape index (κ3) is 3.57. The second-order valence-corrected chi connectivity index (χ2v) is 10.1. The van der Waals surface area contributed by atoms with E-state index >= 15 is 0 Å². The monoisotopic (exact) mass is 417 g/mol. The fourth-order valence-corrected chi connectivity index (χ4v) is 5.73. The van der Waals surface area contributed by atoms with Crippen LogP contribution in [0.2, 0.25) is 0 Å². The minimum absolute atomic E-state index is 0.0186. The molecule has 1 fully saturated rings. The summed E-state index contributed by atoms with van der Waals surface area (Å²) in [6.45, 7) is 5.68. The number of aryl methyl sites for hydroxylation is 3. The fourth-order valence-electron chi connectivity index (χ4n) is 4.05. The molecule has 1 aliphatic rings. The lowest BCUT2D eigenvalue weighted by Crippen LogP contribution is -2.35. The molecule has 0 spiro atoms. The maximum Gasteiger partial charge on any atom is 0.339 e. The smallest absolute Gasteiger partial charge is 0.339 e. The summed E-state index contributed by atoms with van der Waals surface area (Å²) in [5.41, 5.74) is 3.78.